The number of carboxylic acids is 1. The van der Waals surface area contributed by atoms with E-state index in [-0.39, 0.29) is 17.9 Å². The van der Waals surface area contributed by atoms with Gasteiger partial charge in [-0.1, -0.05) is 29.8 Å². The van der Waals surface area contributed by atoms with Crippen LogP contribution in [0, 0.1) is 10.5 Å². The molecule has 4 nitrogen and oxygen atoms in total. The minimum atomic E-state index is -1.06. The number of anilines is 1. The standard InChI is InChI=1S/C16H14INO3/c1-10-3-2-4-11(7-10)8-15(19)18-14-6-5-12(17)9-13(14)16(20)21/h2-7,9H,8H2,1H3,(H,18,19)(H,20,21). The topological polar surface area (TPSA) is 66.4 Å². The fraction of sp³-hybridized carbons (Fsp3) is 0.125. The summed E-state index contributed by atoms with van der Waals surface area (Å²) in [7, 11) is 0. The summed E-state index contributed by atoms with van der Waals surface area (Å²) in [6, 6.07) is 12.6. The summed E-state index contributed by atoms with van der Waals surface area (Å²) in [5, 5.41) is 11.8. The van der Waals surface area contributed by atoms with Crippen LogP contribution in [0.4, 0.5) is 5.69 Å². The predicted octanol–water partition coefficient (Wildman–Crippen LogP) is 3.48. The molecule has 5 heteroatoms. The summed E-state index contributed by atoms with van der Waals surface area (Å²) in [4.78, 5) is 23.3. The molecule has 2 N–H and O–H groups in total. The third-order valence-electron chi connectivity index (χ3n) is 2.93. The van der Waals surface area contributed by atoms with Crippen molar-refractivity contribution in [2.24, 2.45) is 0 Å². The number of carbonyl (C=O) groups excluding carboxylic acids is 1. The Bertz CT molecular complexity index is 698. The van der Waals surface area contributed by atoms with Crippen molar-refractivity contribution in [1.29, 1.82) is 0 Å². The Morgan fingerprint density at radius 3 is 2.62 bits per heavy atom. The van der Waals surface area contributed by atoms with E-state index in [0.29, 0.717) is 5.69 Å². The molecule has 21 heavy (non-hydrogen) atoms. The van der Waals surface area contributed by atoms with E-state index in [1.807, 2.05) is 53.8 Å². The molecule has 2 aromatic carbocycles. The van der Waals surface area contributed by atoms with Gasteiger partial charge in [0.15, 0.2) is 0 Å². The van der Waals surface area contributed by atoms with Crippen molar-refractivity contribution in [3.63, 3.8) is 0 Å². The molecule has 0 fully saturated rings. The van der Waals surface area contributed by atoms with Crippen molar-refractivity contribution in [3.8, 4) is 0 Å². The maximum Gasteiger partial charge on any atom is 0.337 e. The Morgan fingerprint density at radius 1 is 1.19 bits per heavy atom. The van der Waals surface area contributed by atoms with Crippen LogP contribution in [-0.2, 0) is 11.2 Å². The molecule has 0 bridgehead atoms. The van der Waals surface area contributed by atoms with E-state index in [1.165, 1.54) is 6.07 Å². The summed E-state index contributed by atoms with van der Waals surface area (Å²) < 4.78 is 0.807. The van der Waals surface area contributed by atoms with Crippen molar-refractivity contribution in [3.05, 3.63) is 62.7 Å². The monoisotopic (exact) mass is 395 g/mol. The highest BCUT2D eigenvalue weighted by atomic mass is 127. The molecule has 2 aromatic rings. The zero-order chi connectivity index (χ0) is 15.4. The van der Waals surface area contributed by atoms with Crippen molar-refractivity contribution < 1.29 is 14.7 Å². The average Bonchev–Trinajstić information content (AvgIpc) is 2.40. The Balaban J connectivity index is 2.15. The van der Waals surface area contributed by atoms with Crippen LogP contribution in [0.1, 0.15) is 21.5 Å². The minimum absolute atomic E-state index is 0.0968. The van der Waals surface area contributed by atoms with Gasteiger partial charge in [-0.15, -0.1) is 0 Å². The van der Waals surface area contributed by atoms with Gasteiger partial charge in [-0.25, -0.2) is 4.79 Å². The number of hydrogen-bond acceptors (Lipinski definition) is 2. The molecular weight excluding hydrogens is 381 g/mol. The molecule has 0 saturated carbocycles. The normalized spacial score (nSPS) is 10.2. The van der Waals surface area contributed by atoms with Crippen LogP contribution in [0.3, 0.4) is 0 Å². The van der Waals surface area contributed by atoms with Crippen molar-refractivity contribution in [2.45, 2.75) is 13.3 Å². The van der Waals surface area contributed by atoms with Crippen LogP contribution in [0.2, 0.25) is 0 Å². The van der Waals surface area contributed by atoms with Crippen molar-refractivity contribution in [1.82, 2.24) is 0 Å². The summed E-state index contributed by atoms with van der Waals surface area (Å²) >= 11 is 2.04. The Hall–Kier alpha value is -1.89. The van der Waals surface area contributed by atoms with E-state index in [4.69, 9.17) is 0 Å². The van der Waals surface area contributed by atoms with Gasteiger partial charge < -0.3 is 10.4 Å². The van der Waals surface area contributed by atoms with E-state index >= 15 is 0 Å². The number of carboxylic acid groups (broad SMARTS) is 1. The van der Waals surface area contributed by atoms with Gasteiger partial charge in [0.25, 0.3) is 0 Å². The van der Waals surface area contributed by atoms with Crippen LogP contribution in [0.25, 0.3) is 0 Å². The lowest BCUT2D eigenvalue weighted by molar-refractivity contribution is -0.115. The number of nitrogens with one attached hydrogen (secondary N) is 1. The summed E-state index contributed by atoms with van der Waals surface area (Å²) in [5.74, 6) is -1.29. The molecule has 0 aromatic heterocycles. The fourth-order valence-corrected chi connectivity index (χ4v) is 2.50. The number of rotatable bonds is 4. The first-order valence-corrected chi connectivity index (χ1v) is 7.42. The van der Waals surface area contributed by atoms with Gasteiger partial charge in [0.2, 0.25) is 5.91 Å². The van der Waals surface area contributed by atoms with Gasteiger partial charge >= 0.3 is 5.97 Å². The molecule has 0 aliphatic carbocycles. The van der Waals surface area contributed by atoms with E-state index in [9.17, 15) is 14.7 Å². The third-order valence-corrected chi connectivity index (χ3v) is 3.60. The maximum atomic E-state index is 12.0. The smallest absolute Gasteiger partial charge is 0.337 e. The van der Waals surface area contributed by atoms with E-state index in [1.54, 1.807) is 12.1 Å². The van der Waals surface area contributed by atoms with Crippen LogP contribution < -0.4 is 5.32 Å². The van der Waals surface area contributed by atoms with Crippen LogP contribution in [-0.4, -0.2) is 17.0 Å². The zero-order valence-electron chi connectivity index (χ0n) is 11.4. The quantitative estimate of drug-likeness (QED) is 0.780. The first kappa shape index (κ1) is 15.5. The number of halogens is 1. The van der Waals surface area contributed by atoms with Gasteiger partial charge in [0.1, 0.15) is 0 Å². The molecule has 0 spiro atoms. The minimum Gasteiger partial charge on any atom is -0.478 e. The summed E-state index contributed by atoms with van der Waals surface area (Å²) in [5.41, 5.74) is 2.40. The second-order valence-electron chi connectivity index (χ2n) is 4.71. The molecule has 0 atom stereocenters. The highest BCUT2D eigenvalue weighted by Gasteiger charge is 2.13. The molecule has 108 valence electrons. The number of carbonyl (C=O) groups is 2. The molecular formula is C16H14INO3. The van der Waals surface area contributed by atoms with Gasteiger partial charge in [-0.3, -0.25) is 4.79 Å². The first-order chi connectivity index (χ1) is 9.95. The van der Waals surface area contributed by atoms with Gasteiger partial charge in [-0.2, -0.15) is 0 Å². The van der Waals surface area contributed by atoms with E-state index < -0.39 is 5.97 Å². The van der Waals surface area contributed by atoms with E-state index in [2.05, 4.69) is 5.32 Å². The molecule has 2 rings (SSSR count). The second-order valence-corrected chi connectivity index (χ2v) is 5.95. The molecule has 0 aliphatic rings. The number of aryl methyl sites for hydroxylation is 1. The van der Waals surface area contributed by atoms with Crippen LogP contribution in [0.5, 0.6) is 0 Å². The fourth-order valence-electron chi connectivity index (χ4n) is 2.00. The first-order valence-electron chi connectivity index (χ1n) is 6.34. The Labute approximate surface area is 136 Å². The highest BCUT2D eigenvalue weighted by molar-refractivity contribution is 14.1. The predicted molar refractivity (Wildman–Crippen MR) is 89.6 cm³/mol. The zero-order valence-corrected chi connectivity index (χ0v) is 13.5. The van der Waals surface area contributed by atoms with Gasteiger partial charge in [0, 0.05) is 3.57 Å². The largest absolute Gasteiger partial charge is 0.478 e. The lowest BCUT2D eigenvalue weighted by Crippen LogP contribution is -2.17. The molecule has 0 heterocycles. The average molecular weight is 395 g/mol. The lowest BCUT2D eigenvalue weighted by atomic mass is 10.1. The number of amides is 1. The van der Waals surface area contributed by atoms with Gasteiger partial charge in [0.05, 0.1) is 17.7 Å². The number of hydrogen-bond donors (Lipinski definition) is 2. The second kappa shape index (κ2) is 6.71. The van der Waals surface area contributed by atoms with E-state index in [0.717, 1.165) is 14.7 Å². The third kappa shape index (κ3) is 4.29. The molecule has 0 unspecified atom stereocenters. The Morgan fingerprint density at radius 2 is 1.95 bits per heavy atom. The molecule has 1 amide bonds. The highest BCUT2D eigenvalue weighted by Crippen LogP contribution is 2.19. The molecule has 0 saturated heterocycles. The number of benzene rings is 2. The van der Waals surface area contributed by atoms with Gasteiger partial charge in [-0.05, 0) is 53.3 Å². The van der Waals surface area contributed by atoms with Crippen LogP contribution in [0.15, 0.2) is 42.5 Å². The SMILES string of the molecule is Cc1cccc(CC(=O)Nc2ccc(I)cc2C(=O)O)c1. The summed E-state index contributed by atoms with van der Waals surface area (Å²) in [6.45, 7) is 1.96. The molecule has 0 radical (unpaired) electrons. The Kier molecular flexibility index (Phi) is 4.95. The summed E-state index contributed by atoms with van der Waals surface area (Å²) in [6.07, 6.45) is 0.215. The molecule has 0 aliphatic heterocycles. The lowest BCUT2D eigenvalue weighted by Gasteiger charge is -2.09. The maximum absolute atomic E-state index is 12.0. The number of aromatic carboxylic acids is 1. The van der Waals surface area contributed by atoms with Crippen molar-refractivity contribution in [2.75, 3.05) is 5.32 Å². The van der Waals surface area contributed by atoms with Crippen LogP contribution >= 0.6 is 22.6 Å². The van der Waals surface area contributed by atoms with Crippen molar-refractivity contribution >= 4 is 40.2 Å².